The van der Waals surface area contributed by atoms with Crippen LogP contribution < -0.4 is 15.4 Å². The Balaban J connectivity index is 1.17. The molecule has 1 heterocycles. The van der Waals surface area contributed by atoms with E-state index in [0.29, 0.717) is 23.1 Å². The molecule has 9 heteroatoms. The van der Waals surface area contributed by atoms with Crippen LogP contribution in [0.4, 0.5) is 4.39 Å². The molecule has 2 aromatic carbocycles. The van der Waals surface area contributed by atoms with Crippen LogP contribution in [0.15, 0.2) is 46.9 Å². The van der Waals surface area contributed by atoms with E-state index in [4.69, 9.17) is 32.4 Å². The van der Waals surface area contributed by atoms with E-state index in [-0.39, 0.29) is 41.0 Å². The van der Waals surface area contributed by atoms with E-state index in [1.165, 1.54) is 12.1 Å². The highest BCUT2D eigenvalue weighted by Gasteiger charge is 2.23. The van der Waals surface area contributed by atoms with Gasteiger partial charge < -0.3 is 19.8 Å². The van der Waals surface area contributed by atoms with Crippen molar-refractivity contribution in [1.29, 1.82) is 0 Å². The van der Waals surface area contributed by atoms with E-state index < -0.39 is 5.82 Å². The van der Waals surface area contributed by atoms with Gasteiger partial charge in [0.1, 0.15) is 17.1 Å². The van der Waals surface area contributed by atoms with E-state index in [1.54, 1.807) is 24.3 Å². The molecule has 2 N–H and O–H groups in total. The molecule has 4 rings (SSSR count). The van der Waals surface area contributed by atoms with Crippen molar-refractivity contribution in [3.8, 4) is 5.75 Å². The molecule has 0 saturated heterocycles. The van der Waals surface area contributed by atoms with Crippen molar-refractivity contribution in [2.24, 2.45) is 5.92 Å². The molecule has 0 bridgehead atoms. The number of ether oxygens (including phenoxy) is 1. The lowest BCUT2D eigenvalue weighted by Crippen LogP contribution is -2.41. The lowest BCUT2D eigenvalue weighted by atomic mass is 9.86. The molecule has 0 atom stereocenters. The molecule has 0 spiro atoms. The lowest BCUT2D eigenvalue weighted by Gasteiger charge is -2.29. The van der Waals surface area contributed by atoms with Gasteiger partial charge in [0.2, 0.25) is 0 Å². The van der Waals surface area contributed by atoms with Crippen molar-refractivity contribution < 1.29 is 23.1 Å². The van der Waals surface area contributed by atoms with Crippen LogP contribution in [0.3, 0.4) is 0 Å². The minimum absolute atomic E-state index is 0.00209. The van der Waals surface area contributed by atoms with Gasteiger partial charge in [-0.2, -0.15) is 0 Å². The molecule has 1 fully saturated rings. The molecule has 33 heavy (non-hydrogen) atoms. The van der Waals surface area contributed by atoms with Crippen LogP contribution in [0.25, 0.3) is 11.0 Å². The number of amides is 2. The van der Waals surface area contributed by atoms with Gasteiger partial charge in [0.15, 0.2) is 12.4 Å². The Morgan fingerprint density at radius 3 is 2.61 bits per heavy atom. The molecule has 1 aliphatic carbocycles. The van der Waals surface area contributed by atoms with Crippen molar-refractivity contribution >= 4 is 46.0 Å². The van der Waals surface area contributed by atoms with Crippen LogP contribution in [-0.2, 0) is 4.79 Å². The molecular formula is C24H23Cl2FN2O4. The quantitative estimate of drug-likeness (QED) is 0.464. The summed E-state index contributed by atoms with van der Waals surface area (Å²) >= 11 is 11.6. The Hall–Kier alpha value is -2.77. The van der Waals surface area contributed by atoms with Crippen LogP contribution >= 0.6 is 23.2 Å². The summed E-state index contributed by atoms with van der Waals surface area (Å²) in [7, 11) is 0. The Morgan fingerprint density at radius 2 is 1.85 bits per heavy atom. The van der Waals surface area contributed by atoms with Gasteiger partial charge in [-0.05, 0) is 68.0 Å². The van der Waals surface area contributed by atoms with Gasteiger partial charge in [-0.15, -0.1) is 0 Å². The third-order valence-corrected chi connectivity index (χ3v) is 6.27. The first-order valence-electron chi connectivity index (χ1n) is 10.7. The average Bonchev–Trinajstić information content (AvgIpc) is 3.22. The predicted molar refractivity (Wildman–Crippen MR) is 124 cm³/mol. The van der Waals surface area contributed by atoms with Crippen LogP contribution in [-0.4, -0.2) is 31.0 Å². The molecular weight excluding hydrogens is 470 g/mol. The summed E-state index contributed by atoms with van der Waals surface area (Å²) in [5.41, 5.74) is 0.617. The standard InChI is InChI=1S/C24H23Cl2FN2O4/c25-16-3-8-21-15(9-16)10-22(33-21)24(31)28-12-14-1-4-17(5-2-14)29-23(30)13-32-18-6-7-19(26)20(27)11-18/h3,6-11,14,17H,1-2,4-5,12-13H2,(H,28,31)(H,29,30)/t14-,17-. The fraction of sp³-hybridized carbons (Fsp3) is 0.333. The van der Waals surface area contributed by atoms with E-state index in [0.717, 1.165) is 37.1 Å². The number of carbonyl (C=O) groups excluding carboxylic acids is 2. The first kappa shape index (κ1) is 23.4. The van der Waals surface area contributed by atoms with E-state index in [1.807, 2.05) is 0 Å². The van der Waals surface area contributed by atoms with Crippen molar-refractivity contribution in [2.75, 3.05) is 13.2 Å². The number of fused-ring (bicyclic) bond motifs is 1. The summed E-state index contributed by atoms with van der Waals surface area (Å²) in [6.45, 7) is 0.350. The summed E-state index contributed by atoms with van der Waals surface area (Å²) in [5, 5.41) is 7.26. The summed E-state index contributed by atoms with van der Waals surface area (Å²) < 4.78 is 24.4. The molecule has 6 nitrogen and oxygen atoms in total. The molecule has 1 aliphatic rings. The summed E-state index contributed by atoms with van der Waals surface area (Å²) in [4.78, 5) is 24.6. The fourth-order valence-electron chi connectivity index (χ4n) is 3.95. The topological polar surface area (TPSA) is 80.6 Å². The second kappa shape index (κ2) is 10.4. The van der Waals surface area contributed by atoms with Gasteiger partial charge in [-0.1, -0.05) is 23.2 Å². The Bertz CT molecular complexity index is 1160. The predicted octanol–water partition coefficient (Wildman–Crippen LogP) is 5.36. The largest absolute Gasteiger partial charge is 0.484 e. The zero-order valence-electron chi connectivity index (χ0n) is 17.7. The number of hydrogen-bond acceptors (Lipinski definition) is 4. The molecule has 174 valence electrons. The molecule has 0 unspecified atom stereocenters. The number of halogens is 3. The van der Waals surface area contributed by atoms with Crippen LogP contribution in [0.5, 0.6) is 5.75 Å². The normalized spacial score (nSPS) is 18.2. The van der Waals surface area contributed by atoms with Crippen molar-refractivity contribution in [3.05, 3.63) is 64.1 Å². The fourth-order valence-corrected chi connectivity index (χ4v) is 4.24. The zero-order valence-corrected chi connectivity index (χ0v) is 19.2. The van der Waals surface area contributed by atoms with Crippen molar-refractivity contribution in [1.82, 2.24) is 10.6 Å². The third-order valence-electron chi connectivity index (χ3n) is 5.73. The van der Waals surface area contributed by atoms with Crippen LogP contribution in [0.2, 0.25) is 10.0 Å². The maximum atomic E-state index is 13.4. The van der Waals surface area contributed by atoms with E-state index >= 15 is 0 Å². The maximum absolute atomic E-state index is 13.4. The third kappa shape index (κ3) is 6.18. The van der Waals surface area contributed by atoms with Gasteiger partial charge >= 0.3 is 0 Å². The van der Waals surface area contributed by atoms with Crippen LogP contribution in [0.1, 0.15) is 36.2 Å². The molecule has 0 aliphatic heterocycles. The molecule has 1 aromatic heterocycles. The number of carbonyl (C=O) groups is 2. The minimum atomic E-state index is -0.593. The van der Waals surface area contributed by atoms with Crippen LogP contribution in [0, 0.1) is 11.7 Å². The Labute approximate surface area is 200 Å². The monoisotopic (exact) mass is 492 g/mol. The van der Waals surface area contributed by atoms with E-state index in [2.05, 4.69) is 10.6 Å². The number of rotatable bonds is 7. The highest BCUT2D eigenvalue weighted by atomic mass is 35.5. The van der Waals surface area contributed by atoms with Gasteiger partial charge in [0.25, 0.3) is 11.8 Å². The maximum Gasteiger partial charge on any atom is 0.287 e. The highest BCUT2D eigenvalue weighted by Crippen LogP contribution is 2.25. The number of hydrogen-bond donors (Lipinski definition) is 2. The van der Waals surface area contributed by atoms with Crippen molar-refractivity contribution in [2.45, 2.75) is 31.7 Å². The summed E-state index contributed by atoms with van der Waals surface area (Å²) in [6.07, 6.45) is 3.38. The highest BCUT2D eigenvalue weighted by molar-refractivity contribution is 6.31. The second-order valence-corrected chi connectivity index (χ2v) is 9.00. The molecule has 2 amide bonds. The Kier molecular flexibility index (Phi) is 7.40. The van der Waals surface area contributed by atoms with Gasteiger partial charge in [-0.25, -0.2) is 4.39 Å². The zero-order chi connectivity index (χ0) is 23.4. The SMILES string of the molecule is O=C(COc1ccc(Cl)c(F)c1)N[C@H]1CC[C@H](CNC(=O)c2cc3cc(Cl)ccc3o2)CC1. The number of nitrogens with one attached hydrogen (secondary N) is 2. The average molecular weight is 493 g/mol. The molecule has 3 aromatic rings. The number of benzene rings is 2. The smallest absolute Gasteiger partial charge is 0.287 e. The molecule has 0 radical (unpaired) electrons. The first-order valence-corrected chi connectivity index (χ1v) is 11.5. The lowest BCUT2D eigenvalue weighted by molar-refractivity contribution is -0.124. The Morgan fingerprint density at radius 1 is 1.06 bits per heavy atom. The second-order valence-electron chi connectivity index (χ2n) is 8.15. The van der Waals surface area contributed by atoms with E-state index in [9.17, 15) is 14.0 Å². The van der Waals surface area contributed by atoms with Gasteiger partial charge in [0.05, 0.1) is 5.02 Å². The number of furan rings is 1. The van der Waals surface area contributed by atoms with Gasteiger partial charge in [0, 0.05) is 29.1 Å². The van der Waals surface area contributed by atoms with Gasteiger partial charge in [-0.3, -0.25) is 9.59 Å². The minimum Gasteiger partial charge on any atom is -0.484 e. The molecule has 1 saturated carbocycles. The summed E-state index contributed by atoms with van der Waals surface area (Å²) in [5.74, 6) is -0.271. The first-order chi connectivity index (χ1) is 15.9. The van der Waals surface area contributed by atoms with Crippen molar-refractivity contribution in [3.63, 3.8) is 0 Å². The summed E-state index contributed by atoms with van der Waals surface area (Å²) in [6, 6.07) is 11.0.